The lowest BCUT2D eigenvalue weighted by atomic mass is 9.97. The van der Waals surface area contributed by atoms with Gasteiger partial charge in [-0.15, -0.1) is 8.78 Å². The first-order valence-corrected chi connectivity index (χ1v) is 9.81. The molecular formula is C20H18F5N3O4. The number of alkyl halides is 5. The topological polar surface area (TPSA) is 84.8 Å². The molecule has 7 nitrogen and oxygen atoms in total. The van der Waals surface area contributed by atoms with Crippen LogP contribution in [0.5, 0.6) is 11.5 Å². The van der Waals surface area contributed by atoms with Crippen LogP contribution in [-0.4, -0.2) is 46.6 Å². The maximum atomic E-state index is 13.4. The lowest BCUT2D eigenvalue weighted by molar-refractivity contribution is -0.286. The quantitative estimate of drug-likeness (QED) is 0.669. The zero-order valence-corrected chi connectivity index (χ0v) is 16.5. The van der Waals surface area contributed by atoms with E-state index in [0.29, 0.717) is 31.5 Å². The molecule has 3 heterocycles. The summed E-state index contributed by atoms with van der Waals surface area (Å²) in [6.07, 6.45) is -7.72. The summed E-state index contributed by atoms with van der Waals surface area (Å²) in [6.45, 7) is 0.619. The van der Waals surface area contributed by atoms with Crippen LogP contribution < -0.4 is 14.4 Å². The molecule has 0 bridgehead atoms. The van der Waals surface area contributed by atoms with Crippen LogP contribution >= 0.6 is 0 Å². The van der Waals surface area contributed by atoms with E-state index >= 15 is 0 Å². The Morgan fingerprint density at radius 2 is 1.88 bits per heavy atom. The molecule has 0 atom stereocenters. The Morgan fingerprint density at radius 3 is 2.53 bits per heavy atom. The Morgan fingerprint density at radius 1 is 1.19 bits per heavy atom. The predicted octanol–water partition coefficient (Wildman–Crippen LogP) is 4.26. The van der Waals surface area contributed by atoms with E-state index in [-0.39, 0.29) is 35.1 Å². The minimum atomic E-state index is -4.36. The van der Waals surface area contributed by atoms with Crippen LogP contribution in [0.1, 0.15) is 25.0 Å². The molecule has 1 N–H and O–H groups in total. The van der Waals surface area contributed by atoms with Crippen molar-refractivity contribution >= 4 is 11.8 Å². The zero-order chi connectivity index (χ0) is 23.1. The first kappa shape index (κ1) is 22.0. The maximum Gasteiger partial charge on any atom is 0.586 e. The van der Waals surface area contributed by atoms with Crippen LogP contribution in [0.2, 0.25) is 0 Å². The largest absolute Gasteiger partial charge is 0.586 e. The van der Waals surface area contributed by atoms with Crippen LogP contribution in [0.3, 0.4) is 0 Å². The second kappa shape index (κ2) is 8.06. The molecule has 1 saturated heterocycles. The number of anilines is 1. The number of hydrogen-bond acceptors (Lipinski definition) is 6. The van der Waals surface area contributed by atoms with Gasteiger partial charge in [0.1, 0.15) is 5.69 Å². The molecule has 1 fully saturated rings. The van der Waals surface area contributed by atoms with Crippen molar-refractivity contribution in [1.82, 2.24) is 9.97 Å². The molecule has 0 aliphatic carbocycles. The number of benzene rings is 1. The van der Waals surface area contributed by atoms with Crippen molar-refractivity contribution in [2.24, 2.45) is 5.92 Å². The van der Waals surface area contributed by atoms with Gasteiger partial charge in [0.15, 0.2) is 17.3 Å². The maximum absolute atomic E-state index is 13.4. The highest BCUT2D eigenvalue weighted by Crippen LogP contribution is 2.43. The normalized spacial score (nSPS) is 18.1. The van der Waals surface area contributed by atoms with Gasteiger partial charge in [-0.2, -0.15) is 13.2 Å². The van der Waals surface area contributed by atoms with Crippen molar-refractivity contribution in [3.8, 4) is 22.8 Å². The number of halogens is 5. The fourth-order valence-corrected chi connectivity index (χ4v) is 3.66. The average Bonchev–Trinajstić information content (AvgIpc) is 3.04. The predicted molar refractivity (Wildman–Crippen MR) is 101 cm³/mol. The molecule has 0 saturated carbocycles. The van der Waals surface area contributed by atoms with Crippen molar-refractivity contribution in [3.63, 3.8) is 0 Å². The summed E-state index contributed by atoms with van der Waals surface area (Å²) in [7, 11) is 0. The van der Waals surface area contributed by atoms with Gasteiger partial charge in [0.2, 0.25) is 0 Å². The standard InChI is InChI=1S/C20H18F5N3O4/c21-19(22,23)6-3-13-10-26-16(12-1-2-14-15(9-12)32-20(24,25)31-14)17(27-13)28-7-4-11(5-8-28)18(29)30/h1-2,9-11H,3-8H2,(H,29,30). The van der Waals surface area contributed by atoms with Gasteiger partial charge in [-0.3, -0.25) is 9.78 Å². The minimum absolute atomic E-state index is 0.119. The number of hydrogen-bond donors (Lipinski definition) is 1. The minimum Gasteiger partial charge on any atom is -0.481 e. The van der Waals surface area contributed by atoms with E-state index in [1.807, 2.05) is 0 Å². The number of aryl methyl sites for hydroxylation is 1. The van der Waals surface area contributed by atoms with Crippen molar-refractivity contribution < 1.29 is 41.3 Å². The molecule has 0 spiro atoms. The number of aromatic nitrogens is 2. The summed E-state index contributed by atoms with van der Waals surface area (Å²) in [6, 6.07) is 4.05. The van der Waals surface area contributed by atoms with Gasteiger partial charge in [-0.1, -0.05) is 0 Å². The highest BCUT2D eigenvalue weighted by molar-refractivity contribution is 5.75. The number of ether oxygens (including phenoxy) is 2. The van der Waals surface area contributed by atoms with Gasteiger partial charge >= 0.3 is 18.4 Å². The highest BCUT2D eigenvalue weighted by Gasteiger charge is 2.43. The van der Waals surface area contributed by atoms with Gasteiger partial charge in [-0.05, 0) is 37.5 Å². The van der Waals surface area contributed by atoms with E-state index < -0.39 is 30.8 Å². The Balaban J connectivity index is 1.67. The average molecular weight is 459 g/mol. The van der Waals surface area contributed by atoms with Gasteiger partial charge in [0, 0.05) is 31.3 Å². The molecule has 32 heavy (non-hydrogen) atoms. The Hall–Kier alpha value is -3.18. The number of nitrogens with zero attached hydrogens (tertiary/aromatic N) is 3. The summed E-state index contributed by atoms with van der Waals surface area (Å²) in [5.41, 5.74) is 0.736. The molecular weight excluding hydrogens is 441 g/mol. The van der Waals surface area contributed by atoms with Gasteiger partial charge in [0.25, 0.3) is 0 Å². The van der Waals surface area contributed by atoms with E-state index in [2.05, 4.69) is 19.4 Å². The summed E-state index contributed by atoms with van der Waals surface area (Å²) >= 11 is 0. The highest BCUT2D eigenvalue weighted by atomic mass is 19.4. The van der Waals surface area contributed by atoms with E-state index in [4.69, 9.17) is 0 Å². The molecule has 2 aromatic rings. The molecule has 0 unspecified atom stereocenters. The van der Waals surface area contributed by atoms with E-state index in [1.165, 1.54) is 24.4 Å². The number of carbonyl (C=O) groups is 1. The first-order valence-electron chi connectivity index (χ1n) is 9.81. The van der Waals surface area contributed by atoms with Gasteiger partial charge < -0.3 is 19.5 Å². The number of fused-ring (bicyclic) bond motifs is 1. The summed E-state index contributed by atoms with van der Waals surface area (Å²) in [5, 5.41) is 9.21. The molecule has 172 valence electrons. The molecule has 2 aliphatic rings. The molecule has 0 radical (unpaired) electrons. The fourth-order valence-electron chi connectivity index (χ4n) is 3.66. The fraction of sp³-hybridized carbons (Fsp3) is 0.450. The number of aliphatic carboxylic acids is 1. The number of rotatable bonds is 5. The van der Waals surface area contributed by atoms with Gasteiger partial charge in [0.05, 0.1) is 11.6 Å². The third-order valence-electron chi connectivity index (χ3n) is 5.29. The van der Waals surface area contributed by atoms with Crippen LogP contribution in [0.15, 0.2) is 24.4 Å². The van der Waals surface area contributed by atoms with Crippen LogP contribution in [0, 0.1) is 5.92 Å². The third kappa shape index (κ3) is 4.83. The Bertz CT molecular complexity index is 1020. The molecule has 12 heteroatoms. The Kier molecular flexibility index (Phi) is 5.55. The first-order chi connectivity index (χ1) is 15.0. The number of carboxylic acids is 1. The monoisotopic (exact) mass is 459 g/mol. The lowest BCUT2D eigenvalue weighted by Crippen LogP contribution is -2.37. The second-order valence-electron chi connectivity index (χ2n) is 7.58. The van der Waals surface area contributed by atoms with Crippen LogP contribution in [0.4, 0.5) is 27.8 Å². The molecule has 1 aromatic carbocycles. The van der Waals surface area contributed by atoms with Crippen LogP contribution in [-0.2, 0) is 11.2 Å². The zero-order valence-electron chi connectivity index (χ0n) is 16.5. The second-order valence-corrected chi connectivity index (χ2v) is 7.58. The summed E-state index contributed by atoms with van der Waals surface area (Å²) in [4.78, 5) is 21.6. The van der Waals surface area contributed by atoms with E-state index in [0.717, 1.165) is 0 Å². The van der Waals surface area contributed by atoms with Crippen molar-refractivity contribution in [2.45, 2.75) is 38.2 Å². The summed E-state index contributed by atoms with van der Waals surface area (Å²) in [5.74, 6) is -1.53. The molecule has 0 amide bonds. The van der Waals surface area contributed by atoms with Crippen molar-refractivity contribution in [3.05, 3.63) is 30.1 Å². The molecule has 4 rings (SSSR count). The van der Waals surface area contributed by atoms with Crippen LogP contribution in [0.25, 0.3) is 11.3 Å². The number of piperidine rings is 1. The SMILES string of the molecule is O=C(O)C1CCN(c2nc(CCC(F)(F)F)cnc2-c2ccc3c(c2)OC(F)(F)O3)CC1. The molecule has 2 aliphatic heterocycles. The molecule has 1 aromatic heterocycles. The third-order valence-corrected chi connectivity index (χ3v) is 5.29. The summed E-state index contributed by atoms with van der Waals surface area (Å²) < 4.78 is 73.5. The van der Waals surface area contributed by atoms with Gasteiger partial charge in [-0.25, -0.2) is 4.98 Å². The smallest absolute Gasteiger partial charge is 0.481 e. The van der Waals surface area contributed by atoms with E-state index in [9.17, 15) is 31.9 Å². The van der Waals surface area contributed by atoms with E-state index in [1.54, 1.807) is 4.90 Å². The van der Waals surface area contributed by atoms with Crippen molar-refractivity contribution in [1.29, 1.82) is 0 Å². The Labute approximate surface area is 178 Å². The number of carboxylic acid groups (broad SMARTS) is 1. The lowest BCUT2D eigenvalue weighted by Gasteiger charge is -2.32. The van der Waals surface area contributed by atoms with Crippen molar-refractivity contribution in [2.75, 3.05) is 18.0 Å².